The Morgan fingerprint density at radius 2 is 2.05 bits per heavy atom. The van der Waals surface area contributed by atoms with Crippen molar-refractivity contribution in [3.8, 4) is 0 Å². The molecular formula is C15H28N2O2. The van der Waals surface area contributed by atoms with E-state index in [0.717, 1.165) is 31.5 Å². The molecule has 2 rings (SSSR count). The molecule has 19 heavy (non-hydrogen) atoms. The van der Waals surface area contributed by atoms with Crippen molar-refractivity contribution in [2.45, 2.75) is 64.0 Å². The van der Waals surface area contributed by atoms with Crippen LogP contribution in [0.25, 0.3) is 0 Å². The van der Waals surface area contributed by atoms with Crippen LogP contribution in [0.1, 0.15) is 51.9 Å². The second-order valence-electron chi connectivity index (χ2n) is 6.03. The number of likely N-dealkylation sites (N-methyl/N-ethyl adjacent to an activating group) is 1. The number of rotatable bonds is 6. The van der Waals surface area contributed by atoms with Crippen LogP contribution in [0.2, 0.25) is 0 Å². The molecule has 2 N–H and O–H groups in total. The number of nitrogens with one attached hydrogen (secondary N) is 1. The SMILES string of the molecule is CCNC(CCN1CCCC2CCCCC21)C(=O)O. The highest BCUT2D eigenvalue weighted by Crippen LogP contribution is 2.35. The van der Waals surface area contributed by atoms with Gasteiger partial charge in [0, 0.05) is 12.6 Å². The summed E-state index contributed by atoms with van der Waals surface area (Å²) >= 11 is 0. The first-order valence-electron chi connectivity index (χ1n) is 7.92. The highest BCUT2D eigenvalue weighted by Gasteiger charge is 2.33. The number of carbonyl (C=O) groups is 1. The number of carboxylic acid groups (broad SMARTS) is 1. The van der Waals surface area contributed by atoms with Gasteiger partial charge >= 0.3 is 5.97 Å². The number of hydrogen-bond donors (Lipinski definition) is 2. The van der Waals surface area contributed by atoms with Crippen LogP contribution >= 0.6 is 0 Å². The Morgan fingerprint density at radius 1 is 1.32 bits per heavy atom. The van der Waals surface area contributed by atoms with Gasteiger partial charge in [-0.1, -0.05) is 19.8 Å². The van der Waals surface area contributed by atoms with Crippen LogP contribution in [0.5, 0.6) is 0 Å². The summed E-state index contributed by atoms with van der Waals surface area (Å²) in [5, 5.41) is 12.3. The molecule has 4 nitrogen and oxygen atoms in total. The number of nitrogens with zero attached hydrogens (tertiary/aromatic N) is 1. The molecule has 3 unspecified atom stereocenters. The Hall–Kier alpha value is -0.610. The smallest absolute Gasteiger partial charge is 0.320 e. The van der Waals surface area contributed by atoms with Crippen molar-refractivity contribution in [2.75, 3.05) is 19.6 Å². The minimum absolute atomic E-state index is 0.381. The van der Waals surface area contributed by atoms with Gasteiger partial charge in [0.1, 0.15) is 6.04 Å². The summed E-state index contributed by atoms with van der Waals surface area (Å²) in [7, 11) is 0. The first-order valence-corrected chi connectivity index (χ1v) is 7.92. The summed E-state index contributed by atoms with van der Waals surface area (Å²) in [5.41, 5.74) is 0. The summed E-state index contributed by atoms with van der Waals surface area (Å²) in [6, 6.07) is 0.354. The predicted molar refractivity (Wildman–Crippen MR) is 76.3 cm³/mol. The monoisotopic (exact) mass is 268 g/mol. The Morgan fingerprint density at radius 3 is 2.79 bits per heavy atom. The van der Waals surface area contributed by atoms with E-state index in [-0.39, 0.29) is 6.04 Å². The number of likely N-dealkylation sites (tertiary alicyclic amines) is 1. The van der Waals surface area contributed by atoms with Crippen LogP contribution in [0, 0.1) is 5.92 Å². The van der Waals surface area contributed by atoms with Crippen molar-refractivity contribution < 1.29 is 9.90 Å². The standard InChI is InChI=1S/C15H28N2O2/c1-2-16-13(15(18)19)9-11-17-10-5-7-12-6-3-4-8-14(12)17/h12-14,16H,2-11H2,1H3,(H,18,19). The highest BCUT2D eigenvalue weighted by molar-refractivity contribution is 5.73. The molecule has 1 heterocycles. The number of hydrogen-bond acceptors (Lipinski definition) is 3. The topological polar surface area (TPSA) is 52.6 Å². The predicted octanol–water partition coefficient (Wildman–Crippen LogP) is 2.09. The second kappa shape index (κ2) is 7.25. The minimum Gasteiger partial charge on any atom is -0.480 e. The van der Waals surface area contributed by atoms with Gasteiger partial charge in [-0.15, -0.1) is 0 Å². The van der Waals surface area contributed by atoms with Crippen LogP contribution in [0.4, 0.5) is 0 Å². The summed E-state index contributed by atoms with van der Waals surface area (Å²) in [6.07, 6.45) is 8.86. The average molecular weight is 268 g/mol. The fraction of sp³-hybridized carbons (Fsp3) is 0.933. The lowest BCUT2D eigenvalue weighted by Gasteiger charge is -2.44. The van der Waals surface area contributed by atoms with Crippen LogP contribution in [-0.2, 0) is 4.79 Å². The number of fused-ring (bicyclic) bond motifs is 1. The largest absolute Gasteiger partial charge is 0.480 e. The molecule has 1 saturated carbocycles. The van der Waals surface area contributed by atoms with Crippen LogP contribution < -0.4 is 5.32 Å². The molecular weight excluding hydrogens is 240 g/mol. The molecule has 0 bridgehead atoms. The van der Waals surface area contributed by atoms with Gasteiger partial charge in [0.2, 0.25) is 0 Å². The Balaban J connectivity index is 1.84. The third-order valence-electron chi connectivity index (χ3n) is 4.81. The lowest BCUT2D eigenvalue weighted by molar-refractivity contribution is -0.139. The quantitative estimate of drug-likeness (QED) is 0.774. The lowest BCUT2D eigenvalue weighted by Crippen LogP contribution is -2.49. The fourth-order valence-corrected chi connectivity index (χ4v) is 3.86. The van der Waals surface area contributed by atoms with Crippen molar-refractivity contribution in [3.05, 3.63) is 0 Å². The minimum atomic E-state index is -0.709. The van der Waals surface area contributed by atoms with Gasteiger partial charge in [0.15, 0.2) is 0 Å². The third-order valence-corrected chi connectivity index (χ3v) is 4.81. The van der Waals surface area contributed by atoms with Crippen molar-refractivity contribution >= 4 is 5.97 Å². The molecule has 0 aromatic heterocycles. The van der Waals surface area contributed by atoms with Gasteiger partial charge < -0.3 is 15.3 Å². The zero-order valence-corrected chi connectivity index (χ0v) is 12.1. The maximum atomic E-state index is 11.2. The first-order chi connectivity index (χ1) is 9.22. The molecule has 110 valence electrons. The number of aliphatic carboxylic acids is 1. The molecule has 4 heteroatoms. The van der Waals surface area contributed by atoms with Crippen LogP contribution in [0.15, 0.2) is 0 Å². The average Bonchev–Trinajstić information content (AvgIpc) is 2.43. The molecule has 1 aliphatic heterocycles. The third kappa shape index (κ3) is 3.93. The van der Waals surface area contributed by atoms with E-state index in [4.69, 9.17) is 0 Å². The van der Waals surface area contributed by atoms with Crippen molar-refractivity contribution in [1.29, 1.82) is 0 Å². The van der Waals surface area contributed by atoms with Gasteiger partial charge in [-0.3, -0.25) is 4.79 Å². The molecule has 0 radical (unpaired) electrons. The molecule has 2 fully saturated rings. The normalized spacial score (nSPS) is 29.7. The molecule has 0 amide bonds. The molecule has 2 aliphatic rings. The number of piperidine rings is 1. The van der Waals surface area contributed by atoms with Crippen molar-refractivity contribution in [3.63, 3.8) is 0 Å². The van der Waals surface area contributed by atoms with Crippen molar-refractivity contribution in [2.24, 2.45) is 5.92 Å². The van der Waals surface area contributed by atoms with Gasteiger partial charge in [-0.2, -0.15) is 0 Å². The van der Waals surface area contributed by atoms with Crippen LogP contribution in [-0.4, -0.2) is 47.7 Å². The lowest BCUT2D eigenvalue weighted by atomic mass is 9.78. The van der Waals surface area contributed by atoms with E-state index in [1.165, 1.54) is 45.1 Å². The molecule has 1 saturated heterocycles. The zero-order valence-electron chi connectivity index (χ0n) is 12.1. The van der Waals surface area contributed by atoms with Crippen molar-refractivity contribution in [1.82, 2.24) is 10.2 Å². The maximum absolute atomic E-state index is 11.2. The van der Waals surface area contributed by atoms with Gasteiger partial charge in [0.05, 0.1) is 0 Å². The van der Waals surface area contributed by atoms with E-state index < -0.39 is 5.97 Å². The molecule has 0 aromatic carbocycles. The summed E-state index contributed by atoms with van der Waals surface area (Å²) < 4.78 is 0. The molecule has 0 aromatic rings. The molecule has 3 atom stereocenters. The summed E-state index contributed by atoms with van der Waals surface area (Å²) in [4.78, 5) is 13.7. The zero-order chi connectivity index (χ0) is 13.7. The van der Waals surface area contributed by atoms with E-state index in [0.29, 0.717) is 0 Å². The van der Waals surface area contributed by atoms with E-state index in [2.05, 4.69) is 10.2 Å². The summed E-state index contributed by atoms with van der Waals surface area (Å²) in [6.45, 7) is 4.79. The molecule has 1 aliphatic carbocycles. The molecule has 0 spiro atoms. The second-order valence-corrected chi connectivity index (χ2v) is 6.03. The first kappa shape index (κ1) is 14.8. The Bertz CT molecular complexity index is 294. The van der Waals surface area contributed by atoms with Gasteiger partial charge in [-0.05, 0) is 51.1 Å². The summed E-state index contributed by atoms with van der Waals surface area (Å²) in [5.74, 6) is 0.170. The van der Waals surface area contributed by atoms with Gasteiger partial charge in [0.25, 0.3) is 0 Å². The van der Waals surface area contributed by atoms with E-state index in [9.17, 15) is 9.90 Å². The highest BCUT2D eigenvalue weighted by atomic mass is 16.4. The van der Waals surface area contributed by atoms with E-state index in [1.807, 2.05) is 6.92 Å². The van der Waals surface area contributed by atoms with E-state index >= 15 is 0 Å². The van der Waals surface area contributed by atoms with E-state index in [1.54, 1.807) is 0 Å². The van der Waals surface area contributed by atoms with Crippen LogP contribution in [0.3, 0.4) is 0 Å². The number of carboxylic acids is 1. The Labute approximate surface area is 116 Å². The maximum Gasteiger partial charge on any atom is 0.320 e. The fourth-order valence-electron chi connectivity index (χ4n) is 3.86. The Kier molecular flexibility index (Phi) is 5.64. The van der Waals surface area contributed by atoms with Gasteiger partial charge in [-0.25, -0.2) is 0 Å².